The molecule has 0 spiro atoms. The Labute approximate surface area is 196 Å². The van der Waals surface area contributed by atoms with E-state index in [-0.39, 0.29) is 24.3 Å². The Balaban J connectivity index is 1.29. The molecular formula is C25H36N4O4. The summed E-state index contributed by atoms with van der Waals surface area (Å²) in [6, 6.07) is 7.38. The van der Waals surface area contributed by atoms with Gasteiger partial charge in [-0.1, -0.05) is 37.1 Å². The maximum absolute atomic E-state index is 13.2. The van der Waals surface area contributed by atoms with Crippen LogP contribution in [-0.4, -0.2) is 103 Å². The fourth-order valence-electron chi connectivity index (χ4n) is 5.13. The maximum Gasteiger partial charge on any atom is 0.328 e. The number of likely N-dealkylation sites (tertiary alicyclic amines) is 1. The predicted octanol–water partition coefficient (Wildman–Crippen LogP) is 1.13. The summed E-state index contributed by atoms with van der Waals surface area (Å²) in [4.78, 5) is 46.3. The number of hydrogen-bond acceptors (Lipinski definition) is 6. The number of esters is 1. The molecule has 0 aromatic heterocycles. The number of rotatable bonds is 5. The average molecular weight is 457 g/mol. The maximum atomic E-state index is 13.2. The van der Waals surface area contributed by atoms with E-state index in [2.05, 4.69) is 9.80 Å². The Morgan fingerprint density at radius 2 is 1.39 bits per heavy atom. The molecule has 2 saturated heterocycles. The first-order chi connectivity index (χ1) is 16.0. The van der Waals surface area contributed by atoms with Crippen LogP contribution in [0.4, 0.5) is 0 Å². The molecule has 3 aliphatic rings. The molecule has 4 rings (SSSR count). The van der Waals surface area contributed by atoms with Crippen molar-refractivity contribution >= 4 is 17.8 Å². The topological polar surface area (TPSA) is 73.4 Å². The van der Waals surface area contributed by atoms with Crippen molar-refractivity contribution in [1.82, 2.24) is 19.6 Å². The largest absolute Gasteiger partial charge is 0.467 e. The third-order valence-corrected chi connectivity index (χ3v) is 7.18. The fraction of sp³-hybridized carbons (Fsp3) is 0.640. The number of amides is 2. The van der Waals surface area contributed by atoms with Crippen molar-refractivity contribution in [2.75, 3.05) is 59.5 Å². The molecule has 0 bridgehead atoms. The van der Waals surface area contributed by atoms with Gasteiger partial charge < -0.3 is 14.5 Å². The second-order valence-electron chi connectivity index (χ2n) is 9.38. The highest BCUT2D eigenvalue weighted by Gasteiger charge is 2.36. The molecule has 1 aromatic carbocycles. The molecule has 8 heteroatoms. The first-order valence-corrected chi connectivity index (χ1v) is 12.2. The highest BCUT2D eigenvalue weighted by molar-refractivity contribution is 5.86. The molecule has 180 valence electrons. The molecule has 1 unspecified atom stereocenters. The Hall–Kier alpha value is -2.45. The zero-order valence-corrected chi connectivity index (χ0v) is 19.7. The molecule has 8 nitrogen and oxygen atoms in total. The first kappa shape index (κ1) is 23.7. The van der Waals surface area contributed by atoms with Crippen LogP contribution in [0, 0.1) is 0 Å². The van der Waals surface area contributed by atoms with E-state index in [0.717, 1.165) is 63.2 Å². The molecule has 0 aliphatic carbocycles. The van der Waals surface area contributed by atoms with E-state index in [1.807, 2.05) is 29.2 Å². The molecule has 2 amide bonds. The summed E-state index contributed by atoms with van der Waals surface area (Å²) >= 11 is 0. The van der Waals surface area contributed by atoms with Crippen LogP contribution in [-0.2, 0) is 32.1 Å². The highest BCUT2D eigenvalue weighted by Crippen LogP contribution is 2.24. The third-order valence-electron chi connectivity index (χ3n) is 7.18. The predicted molar refractivity (Wildman–Crippen MR) is 124 cm³/mol. The van der Waals surface area contributed by atoms with Gasteiger partial charge in [-0.25, -0.2) is 4.79 Å². The Morgan fingerprint density at radius 3 is 2.00 bits per heavy atom. The third kappa shape index (κ3) is 5.92. The van der Waals surface area contributed by atoms with Gasteiger partial charge in [0.15, 0.2) is 0 Å². The quantitative estimate of drug-likeness (QED) is 0.619. The van der Waals surface area contributed by atoms with Gasteiger partial charge in [0.2, 0.25) is 11.8 Å². The van der Waals surface area contributed by atoms with Crippen molar-refractivity contribution < 1.29 is 19.1 Å². The highest BCUT2D eigenvalue weighted by atomic mass is 16.5. The summed E-state index contributed by atoms with van der Waals surface area (Å²) < 4.78 is 4.99. The van der Waals surface area contributed by atoms with Gasteiger partial charge in [0.05, 0.1) is 20.2 Å². The van der Waals surface area contributed by atoms with E-state index in [4.69, 9.17) is 4.74 Å². The number of carbonyl (C=O) groups is 3. The number of nitrogens with zero attached hydrogens (tertiary/aromatic N) is 4. The zero-order valence-electron chi connectivity index (χ0n) is 19.7. The Bertz CT molecular complexity index is 845. The van der Waals surface area contributed by atoms with Crippen LogP contribution in [0.3, 0.4) is 0 Å². The molecule has 33 heavy (non-hydrogen) atoms. The van der Waals surface area contributed by atoms with Crippen LogP contribution in [0.1, 0.15) is 36.8 Å². The number of carbonyl (C=O) groups excluding carboxylic acids is 3. The van der Waals surface area contributed by atoms with Gasteiger partial charge in [-0.15, -0.1) is 0 Å². The van der Waals surface area contributed by atoms with Crippen LogP contribution < -0.4 is 0 Å². The number of benzene rings is 1. The molecule has 2 fully saturated rings. The summed E-state index contributed by atoms with van der Waals surface area (Å²) in [6.45, 7) is 5.98. The minimum Gasteiger partial charge on any atom is -0.467 e. The molecule has 1 atom stereocenters. The van der Waals surface area contributed by atoms with E-state index >= 15 is 0 Å². The van der Waals surface area contributed by atoms with Crippen LogP contribution in [0.15, 0.2) is 24.3 Å². The summed E-state index contributed by atoms with van der Waals surface area (Å²) in [6.07, 6.45) is 5.14. The number of methoxy groups -OCH3 is 1. The average Bonchev–Trinajstić information content (AvgIpc) is 3.13. The SMILES string of the molecule is COC(=O)C1Cc2ccccc2CN1C(=O)CN1CCN(CC(=O)N2CCCCCC2)CC1. The van der Waals surface area contributed by atoms with Crippen molar-refractivity contribution in [2.45, 2.75) is 44.7 Å². The summed E-state index contributed by atoms with van der Waals surface area (Å²) in [5.74, 6) is -0.182. The minimum absolute atomic E-state index is 0.0472. The fourth-order valence-corrected chi connectivity index (χ4v) is 5.13. The van der Waals surface area contributed by atoms with Crippen molar-refractivity contribution in [3.05, 3.63) is 35.4 Å². The lowest BCUT2D eigenvalue weighted by atomic mass is 9.94. The van der Waals surface area contributed by atoms with Crippen molar-refractivity contribution in [3.63, 3.8) is 0 Å². The summed E-state index contributed by atoms with van der Waals surface area (Å²) in [5, 5.41) is 0. The molecule has 0 N–H and O–H groups in total. The van der Waals surface area contributed by atoms with E-state index < -0.39 is 6.04 Å². The molecule has 0 radical (unpaired) electrons. The van der Waals surface area contributed by atoms with Crippen LogP contribution in [0.5, 0.6) is 0 Å². The van der Waals surface area contributed by atoms with E-state index in [0.29, 0.717) is 19.5 Å². The van der Waals surface area contributed by atoms with Gasteiger partial charge in [-0.3, -0.25) is 19.4 Å². The van der Waals surface area contributed by atoms with E-state index in [9.17, 15) is 14.4 Å². The van der Waals surface area contributed by atoms with Gasteiger partial charge in [0.25, 0.3) is 0 Å². The van der Waals surface area contributed by atoms with Crippen molar-refractivity contribution in [1.29, 1.82) is 0 Å². The lowest BCUT2D eigenvalue weighted by molar-refractivity contribution is -0.154. The monoisotopic (exact) mass is 456 g/mol. The molecule has 0 saturated carbocycles. The van der Waals surface area contributed by atoms with Gasteiger partial charge in [0.1, 0.15) is 6.04 Å². The number of ether oxygens (including phenoxy) is 1. The van der Waals surface area contributed by atoms with Gasteiger partial charge in [0, 0.05) is 52.2 Å². The zero-order chi connectivity index (χ0) is 23.2. The summed E-state index contributed by atoms with van der Waals surface area (Å²) in [7, 11) is 1.37. The van der Waals surface area contributed by atoms with E-state index in [1.165, 1.54) is 20.0 Å². The summed E-state index contributed by atoms with van der Waals surface area (Å²) in [5.41, 5.74) is 2.18. The number of fused-ring (bicyclic) bond motifs is 1. The van der Waals surface area contributed by atoms with Gasteiger partial charge >= 0.3 is 5.97 Å². The first-order valence-electron chi connectivity index (χ1n) is 12.2. The normalized spacial score (nSPS) is 22.4. The smallest absolute Gasteiger partial charge is 0.328 e. The molecule has 1 aromatic rings. The van der Waals surface area contributed by atoms with Crippen LogP contribution in [0.25, 0.3) is 0 Å². The molecule has 3 aliphatic heterocycles. The second kappa shape index (κ2) is 11.1. The van der Waals surface area contributed by atoms with Crippen LogP contribution >= 0.6 is 0 Å². The lowest BCUT2D eigenvalue weighted by Gasteiger charge is -2.38. The number of hydrogen-bond donors (Lipinski definition) is 0. The molecule has 3 heterocycles. The molecular weight excluding hydrogens is 420 g/mol. The Morgan fingerprint density at radius 1 is 0.818 bits per heavy atom. The van der Waals surface area contributed by atoms with Crippen LogP contribution in [0.2, 0.25) is 0 Å². The van der Waals surface area contributed by atoms with E-state index in [1.54, 1.807) is 4.90 Å². The minimum atomic E-state index is -0.579. The lowest BCUT2D eigenvalue weighted by Crippen LogP contribution is -2.55. The van der Waals surface area contributed by atoms with Gasteiger partial charge in [-0.2, -0.15) is 0 Å². The van der Waals surface area contributed by atoms with Crippen molar-refractivity contribution in [2.24, 2.45) is 0 Å². The number of piperazine rings is 1. The standard InChI is InChI=1S/C25H36N4O4/c1-33-25(32)22-16-20-8-4-5-9-21(20)17-29(22)24(31)19-27-14-12-26(13-15-27)18-23(30)28-10-6-2-3-7-11-28/h4-5,8-9,22H,2-3,6-7,10-19H2,1H3. The van der Waals surface area contributed by atoms with Gasteiger partial charge in [-0.05, 0) is 24.0 Å². The Kier molecular flexibility index (Phi) is 7.98. The van der Waals surface area contributed by atoms with Crippen molar-refractivity contribution in [3.8, 4) is 0 Å². The second-order valence-corrected chi connectivity index (χ2v) is 9.38.